The lowest BCUT2D eigenvalue weighted by Crippen LogP contribution is -2.46. The maximum atomic E-state index is 10.4. The van der Waals surface area contributed by atoms with Gasteiger partial charge in [-0.2, -0.15) is 0 Å². The van der Waals surface area contributed by atoms with Crippen LogP contribution in [0.5, 0.6) is 0 Å². The first-order valence-electron chi connectivity index (χ1n) is 7.17. The average Bonchev–Trinajstić information content (AvgIpc) is 2.42. The van der Waals surface area contributed by atoms with Crippen molar-refractivity contribution < 1.29 is 9.53 Å². The van der Waals surface area contributed by atoms with Gasteiger partial charge in [0, 0.05) is 26.7 Å². The van der Waals surface area contributed by atoms with Gasteiger partial charge in [0.15, 0.2) is 0 Å². The summed E-state index contributed by atoms with van der Waals surface area (Å²) in [5.41, 5.74) is 0. The Morgan fingerprint density at radius 2 is 1.89 bits per heavy atom. The Hall–Kier alpha value is -0.610. The normalized spacial score (nSPS) is 18.9. The smallest absolute Gasteiger partial charge is 0.209 e. The van der Waals surface area contributed by atoms with Crippen LogP contribution in [0, 0.1) is 0 Å². The molecular weight excluding hydrogens is 228 g/mol. The van der Waals surface area contributed by atoms with E-state index < -0.39 is 0 Å². The number of hydrogen-bond acceptors (Lipinski definition) is 3. The molecule has 110 valence electrons. The van der Waals surface area contributed by atoms with Crippen molar-refractivity contribution in [1.82, 2.24) is 9.80 Å². The first kappa shape index (κ1) is 19.7. The Morgan fingerprint density at radius 3 is 2.33 bits per heavy atom. The maximum absolute atomic E-state index is 10.4. The first-order chi connectivity index (χ1) is 8.67. The van der Waals surface area contributed by atoms with Crippen molar-refractivity contribution >= 4 is 6.41 Å². The second-order valence-electron chi connectivity index (χ2n) is 4.14. The molecule has 0 aromatic rings. The first-order valence-corrected chi connectivity index (χ1v) is 7.17. The van der Waals surface area contributed by atoms with E-state index in [1.54, 1.807) is 11.9 Å². The van der Waals surface area contributed by atoms with Gasteiger partial charge in [-0.25, -0.2) is 0 Å². The summed E-state index contributed by atoms with van der Waals surface area (Å²) in [7, 11) is 1.78. The molecule has 1 unspecified atom stereocenters. The molecular formula is C14H32N2O2. The third-order valence-corrected chi connectivity index (χ3v) is 2.34. The standard InChI is InChI=1S/C9H18N2O2.C3H8.C2H6/c1-3-11-4-5-13-9(7-11)6-10(2)8-12;1-3-2;1-2/h8-9H,3-7H2,1-2H3;3H2,1-2H3;1-2H3. The van der Waals surface area contributed by atoms with Crippen LogP contribution in [0.1, 0.15) is 41.0 Å². The second kappa shape index (κ2) is 14.5. The number of nitrogens with zero attached hydrogens (tertiary/aromatic N) is 2. The minimum Gasteiger partial charge on any atom is -0.374 e. The summed E-state index contributed by atoms with van der Waals surface area (Å²) in [6, 6.07) is 0. The molecule has 1 amide bonds. The molecule has 1 aliphatic heterocycles. The fraction of sp³-hybridized carbons (Fsp3) is 0.929. The molecule has 18 heavy (non-hydrogen) atoms. The maximum Gasteiger partial charge on any atom is 0.209 e. The van der Waals surface area contributed by atoms with Crippen molar-refractivity contribution in [2.75, 3.05) is 39.8 Å². The number of likely N-dealkylation sites (N-methyl/N-ethyl adjacent to an activating group) is 2. The van der Waals surface area contributed by atoms with Gasteiger partial charge in [-0.05, 0) is 6.54 Å². The van der Waals surface area contributed by atoms with Crippen LogP contribution in [0.15, 0.2) is 0 Å². The molecule has 4 nitrogen and oxygen atoms in total. The Morgan fingerprint density at radius 1 is 1.33 bits per heavy atom. The van der Waals surface area contributed by atoms with Crippen molar-refractivity contribution in [2.45, 2.75) is 47.1 Å². The van der Waals surface area contributed by atoms with Crippen molar-refractivity contribution in [2.24, 2.45) is 0 Å². The van der Waals surface area contributed by atoms with Crippen molar-refractivity contribution in [1.29, 1.82) is 0 Å². The Labute approximate surface area is 113 Å². The van der Waals surface area contributed by atoms with Gasteiger partial charge in [0.05, 0.1) is 12.7 Å². The summed E-state index contributed by atoms with van der Waals surface area (Å²) >= 11 is 0. The number of hydrogen-bond donors (Lipinski definition) is 0. The molecule has 1 atom stereocenters. The number of morpholine rings is 1. The van der Waals surface area contributed by atoms with Crippen LogP contribution in [0.2, 0.25) is 0 Å². The Balaban J connectivity index is 0. The topological polar surface area (TPSA) is 32.8 Å². The van der Waals surface area contributed by atoms with Crippen molar-refractivity contribution in [3.05, 3.63) is 0 Å². The van der Waals surface area contributed by atoms with Crippen molar-refractivity contribution in [3.63, 3.8) is 0 Å². The van der Waals surface area contributed by atoms with Gasteiger partial charge in [-0.15, -0.1) is 0 Å². The van der Waals surface area contributed by atoms with Gasteiger partial charge in [0.2, 0.25) is 6.41 Å². The molecule has 1 heterocycles. The summed E-state index contributed by atoms with van der Waals surface area (Å²) in [5, 5.41) is 0. The van der Waals surface area contributed by atoms with E-state index in [0.29, 0.717) is 6.54 Å². The molecule has 1 rings (SSSR count). The van der Waals surface area contributed by atoms with Crippen LogP contribution < -0.4 is 0 Å². The van der Waals surface area contributed by atoms with Gasteiger partial charge in [0.25, 0.3) is 0 Å². The number of rotatable bonds is 4. The zero-order valence-corrected chi connectivity index (χ0v) is 13.1. The van der Waals surface area contributed by atoms with Gasteiger partial charge in [0.1, 0.15) is 0 Å². The number of amides is 1. The summed E-state index contributed by atoms with van der Waals surface area (Å²) in [4.78, 5) is 14.4. The molecule has 1 aliphatic rings. The van der Waals surface area contributed by atoms with E-state index in [1.165, 1.54) is 6.42 Å². The largest absolute Gasteiger partial charge is 0.374 e. The van der Waals surface area contributed by atoms with E-state index in [1.807, 2.05) is 13.8 Å². The highest BCUT2D eigenvalue weighted by Gasteiger charge is 2.19. The predicted molar refractivity (Wildman–Crippen MR) is 77.9 cm³/mol. The van der Waals surface area contributed by atoms with Crippen LogP contribution in [-0.2, 0) is 9.53 Å². The highest BCUT2D eigenvalue weighted by Crippen LogP contribution is 2.05. The average molecular weight is 260 g/mol. The van der Waals surface area contributed by atoms with Crippen LogP contribution in [-0.4, -0.2) is 62.1 Å². The minimum absolute atomic E-state index is 0.184. The zero-order chi connectivity index (χ0) is 14.4. The molecule has 0 saturated carbocycles. The van der Waals surface area contributed by atoms with E-state index in [2.05, 4.69) is 25.7 Å². The van der Waals surface area contributed by atoms with Crippen LogP contribution >= 0.6 is 0 Å². The summed E-state index contributed by atoms with van der Waals surface area (Å²) in [6.45, 7) is 14.9. The minimum atomic E-state index is 0.184. The zero-order valence-electron chi connectivity index (χ0n) is 13.1. The molecule has 0 aliphatic carbocycles. The molecule has 1 saturated heterocycles. The molecule has 0 radical (unpaired) electrons. The van der Waals surface area contributed by atoms with Crippen LogP contribution in [0.4, 0.5) is 0 Å². The third-order valence-electron chi connectivity index (χ3n) is 2.34. The summed E-state index contributed by atoms with van der Waals surface area (Å²) < 4.78 is 5.54. The van der Waals surface area contributed by atoms with E-state index in [-0.39, 0.29) is 6.10 Å². The van der Waals surface area contributed by atoms with Crippen molar-refractivity contribution in [3.8, 4) is 0 Å². The molecule has 4 heteroatoms. The van der Waals surface area contributed by atoms with E-state index in [4.69, 9.17) is 4.74 Å². The molecule has 1 fully saturated rings. The number of ether oxygens (including phenoxy) is 1. The van der Waals surface area contributed by atoms with E-state index in [9.17, 15) is 4.79 Å². The Kier molecular flexibility index (Phi) is 15.8. The molecule has 0 aromatic heterocycles. The fourth-order valence-electron chi connectivity index (χ4n) is 1.54. The molecule has 0 N–H and O–H groups in total. The predicted octanol–water partition coefficient (Wildman–Crippen LogP) is 2.24. The number of carbonyl (C=O) groups is 1. The molecule has 0 spiro atoms. The lowest BCUT2D eigenvalue weighted by atomic mass is 10.2. The monoisotopic (exact) mass is 260 g/mol. The van der Waals surface area contributed by atoms with Gasteiger partial charge in [-0.3, -0.25) is 9.69 Å². The Bertz CT molecular complexity index is 177. The second-order valence-corrected chi connectivity index (χ2v) is 4.14. The summed E-state index contributed by atoms with van der Waals surface area (Å²) in [6.07, 6.45) is 2.28. The van der Waals surface area contributed by atoms with E-state index >= 15 is 0 Å². The van der Waals surface area contributed by atoms with Gasteiger partial charge >= 0.3 is 0 Å². The highest BCUT2D eigenvalue weighted by molar-refractivity contribution is 5.46. The van der Waals surface area contributed by atoms with Crippen LogP contribution in [0.25, 0.3) is 0 Å². The lowest BCUT2D eigenvalue weighted by molar-refractivity contribution is -0.120. The lowest BCUT2D eigenvalue weighted by Gasteiger charge is -2.33. The number of carbonyl (C=O) groups excluding carboxylic acids is 1. The van der Waals surface area contributed by atoms with Crippen LogP contribution in [0.3, 0.4) is 0 Å². The third kappa shape index (κ3) is 10.5. The quantitative estimate of drug-likeness (QED) is 0.727. The van der Waals surface area contributed by atoms with E-state index in [0.717, 1.165) is 32.7 Å². The SMILES string of the molecule is CC.CCC.CCN1CCOC(CN(C)C=O)C1. The fourth-order valence-corrected chi connectivity index (χ4v) is 1.54. The molecule has 0 bridgehead atoms. The summed E-state index contributed by atoms with van der Waals surface area (Å²) in [5.74, 6) is 0. The van der Waals surface area contributed by atoms with Gasteiger partial charge in [-0.1, -0.05) is 41.0 Å². The van der Waals surface area contributed by atoms with Gasteiger partial charge < -0.3 is 9.64 Å². The molecule has 0 aromatic carbocycles. The highest BCUT2D eigenvalue weighted by atomic mass is 16.5.